The van der Waals surface area contributed by atoms with Gasteiger partial charge in [-0.3, -0.25) is 9.68 Å². The van der Waals surface area contributed by atoms with Gasteiger partial charge in [0, 0.05) is 0 Å². The summed E-state index contributed by atoms with van der Waals surface area (Å²) in [4.78, 5) is 8.90. The molecule has 80 valence electrons. The molecule has 0 saturated heterocycles. The Bertz CT molecular complexity index is 76.1. The van der Waals surface area contributed by atoms with Gasteiger partial charge in [0.25, 0.3) is 0 Å². The highest BCUT2D eigenvalue weighted by molar-refractivity contribution is 6.30. The summed E-state index contributed by atoms with van der Waals surface area (Å²) in [6.45, 7) is 0.224. The van der Waals surface area contributed by atoms with Crippen LogP contribution in [-0.4, -0.2) is 59.0 Å². The van der Waals surface area contributed by atoms with E-state index >= 15 is 0 Å². The summed E-state index contributed by atoms with van der Waals surface area (Å²) in [6.07, 6.45) is 0. The van der Waals surface area contributed by atoms with E-state index in [1.54, 1.807) is 0 Å². The van der Waals surface area contributed by atoms with Gasteiger partial charge in [0.15, 0.2) is 0 Å². The fourth-order valence-corrected chi connectivity index (χ4v) is 0.216. The standard InChI is InChI=1S/C4H11NO4.BH3O3/c6-1-3-8-5-9-4-2-7;2-1(3)4/h5-7H,1-4H2;2-4H. The van der Waals surface area contributed by atoms with Gasteiger partial charge in [-0.2, -0.15) is 0 Å². The molecule has 0 spiro atoms. The minimum Gasteiger partial charge on any atom is -0.402 e. The lowest BCUT2D eigenvalue weighted by Gasteiger charge is -2.01. The number of hydrogen-bond acceptors (Lipinski definition) is 8. The third-order valence-corrected chi connectivity index (χ3v) is 0.505. The molecule has 6 N–H and O–H groups in total. The van der Waals surface area contributed by atoms with Gasteiger partial charge >= 0.3 is 7.32 Å². The first kappa shape index (κ1) is 15.2. The van der Waals surface area contributed by atoms with Gasteiger partial charge in [-0.05, 0) is 0 Å². The third-order valence-electron chi connectivity index (χ3n) is 0.505. The van der Waals surface area contributed by atoms with Crippen molar-refractivity contribution in [3.8, 4) is 0 Å². The van der Waals surface area contributed by atoms with Crippen LogP contribution in [0.1, 0.15) is 0 Å². The SMILES string of the molecule is OB(O)O.OCCONOCCO. The Labute approximate surface area is 75.4 Å². The summed E-state index contributed by atoms with van der Waals surface area (Å²) in [7, 11) is -2.17. The zero-order valence-corrected chi connectivity index (χ0v) is 6.96. The van der Waals surface area contributed by atoms with Crippen LogP contribution >= 0.6 is 0 Å². The molecule has 13 heavy (non-hydrogen) atoms. The molecule has 0 aromatic heterocycles. The van der Waals surface area contributed by atoms with Gasteiger partial charge in [-0.25, -0.2) is 0 Å². The number of aliphatic hydroxyl groups excluding tert-OH is 2. The molecular weight excluding hydrogens is 185 g/mol. The van der Waals surface area contributed by atoms with Crippen molar-refractivity contribution in [2.45, 2.75) is 0 Å². The maximum atomic E-state index is 8.15. The molecule has 8 nitrogen and oxygen atoms in total. The highest BCUT2D eigenvalue weighted by atomic mass is 16.9. The number of aliphatic hydroxyl groups is 2. The Morgan fingerprint density at radius 1 is 0.923 bits per heavy atom. The van der Waals surface area contributed by atoms with E-state index in [0.717, 1.165) is 0 Å². The van der Waals surface area contributed by atoms with E-state index in [1.807, 2.05) is 0 Å². The smallest absolute Gasteiger partial charge is 0.402 e. The molecule has 0 aromatic rings. The van der Waals surface area contributed by atoms with Crippen LogP contribution in [0.25, 0.3) is 0 Å². The monoisotopic (exact) mass is 199 g/mol. The summed E-state index contributed by atoms with van der Waals surface area (Å²) in [5.74, 6) is 0. The molecule has 0 aliphatic heterocycles. The quantitative estimate of drug-likeness (QED) is 0.147. The van der Waals surface area contributed by atoms with E-state index in [2.05, 4.69) is 15.3 Å². The summed E-state index contributed by atoms with van der Waals surface area (Å²) < 4.78 is 0. The van der Waals surface area contributed by atoms with Crippen LogP contribution in [0, 0.1) is 0 Å². The van der Waals surface area contributed by atoms with Crippen molar-refractivity contribution >= 4 is 7.32 Å². The average molecular weight is 199 g/mol. The molecular formula is C4H14BNO7. The Hall–Kier alpha value is -0.255. The van der Waals surface area contributed by atoms with Crippen LogP contribution in [0.4, 0.5) is 0 Å². The second kappa shape index (κ2) is 14.3. The molecule has 0 aliphatic carbocycles. The van der Waals surface area contributed by atoms with Gasteiger partial charge in [-0.15, -0.1) is 0 Å². The van der Waals surface area contributed by atoms with Crippen LogP contribution in [0.5, 0.6) is 0 Å². The molecule has 0 heterocycles. The second-order valence-electron chi connectivity index (χ2n) is 1.57. The lowest BCUT2D eigenvalue weighted by Crippen LogP contribution is -2.19. The molecule has 0 atom stereocenters. The fourth-order valence-electron chi connectivity index (χ4n) is 0.216. The van der Waals surface area contributed by atoms with E-state index in [1.165, 1.54) is 0 Å². The molecule has 9 heteroatoms. The Kier molecular flexibility index (Phi) is 16.7. The highest BCUT2D eigenvalue weighted by Gasteiger charge is 1.92. The number of hydrogen-bond donors (Lipinski definition) is 6. The molecule has 0 aliphatic rings. The maximum absolute atomic E-state index is 8.15. The number of nitrogens with one attached hydrogen (secondary N) is 1. The molecule has 0 aromatic carbocycles. The first-order chi connectivity index (χ1) is 6.15. The van der Waals surface area contributed by atoms with Crippen molar-refractivity contribution in [1.29, 1.82) is 0 Å². The van der Waals surface area contributed by atoms with Gasteiger partial charge < -0.3 is 25.3 Å². The fraction of sp³-hybridized carbons (Fsp3) is 1.00. The van der Waals surface area contributed by atoms with Crippen molar-refractivity contribution in [3.63, 3.8) is 0 Å². The Morgan fingerprint density at radius 3 is 1.46 bits per heavy atom. The van der Waals surface area contributed by atoms with E-state index in [9.17, 15) is 0 Å². The largest absolute Gasteiger partial charge is 0.631 e. The topological polar surface area (TPSA) is 132 Å². The lowest BCUT2D eigenvalue weighted by molar-refractivity contribution is -0.178. The van der Waals surface area contributed by atoms with E-state index in [-0.39, 0.29) is 26.4 Å². The highest BCUT2D eigenvalue weighted by Crippen LogP contribution is 1.67. The first-order valence-corrected chi connectivity index (χ1v) is 3.39. The van der Waals surface area contributed by atoms with Crippen molar-refractivity contribution in [1.82, 2.24) is 5.64 Å². The minimum absolute atomic E-state index is 0.0600. The molecule has 0 unspecified atom stereocenters. The van der Waals surface area contributed by atoms with Crippen LogP contribution in [0.3, 0.4) is 0 Å². The molecule has 0 bridgehead atoms. The third kappa shape index (κ3) is 33.8. The van der Waals surface area contributed by atoms with E-state index in [0.29, 0.717) is 0 Å². The predicted molar refractivity (Wildman–Crippen MR) is 41.6 cm³/mol. The van der Waals surface area contributed by atoms with Crippen LogP contribution in [0.15, 0.2) is 0 Å². The molecule has 0 radical (unpaired) electrons. The summed E-state index contributed by atoms with van der Waals surface area (Å²) in [5.41, 5.74) is 2.07. The molecule has 0 fully saturated rings. The van der Waals surface area contributed by atoms with Crippen molar-refractivity contribution in [2.75, 3.05) is 26.4 Å². The van der Waals surface area contributed by atoms with Crippen LogP contribution in [-0.2, 0) is 9.68 Å². The van der Waals surface area contributed by atoms with Gasteiger partial charge in [0.2, 0.25) is 0 Å². The summed E-state index contributed by atoms with van der Waals surface area (Å²) >= 11 is 0. The van der Waals surface area contributed by atoms with Crippen molar-refractivity contribution < 1.29 is 35.0 Å². The molecule has 0 amide bonds. The predicted octanol–water partition coefficient (Wildman–Crippen LogP) is -3.63. The summed E-state index contributed by atoms with van der Waals surface area (Å²) in [5, 5.41) is 37.8. The zero-order valence-electron chi connectivity index (χ0n) is 6.96. The van der Waals surface area contributed by atoms with Gasteiger partial charge in [-0.1, -0.05) is 5.64 Å². The normalized spacial score (nSPS) is 9.00. The van der Waals surface area contributed by atoms with E-state index in [4.69, 9.17) is 25.3 Å². The molecule has 0 rings (SSSR count). The van der Waals surface area contributed by atoms with Crippen molar-refractivity contribution in [2.24, 2.45) is 0 Å². The minimum atomic E-state index is -2.17. The zero-order chi connectivity index (χ0) is 10.5. The first-order valence-electron chi connectivity index (χ1n) is 3.39. The maximum Gasteiger partial charge on any atom is 0.631 e. The second-order valence-corrected chi connectivity index (χ2v) is 1.57. The molecule has 0 saturated carbocycles. The summed E-state index contributed by atoms with van der Waals surface area (Å²) in [6, 6.07) is 0. The number of rotatable bonds is 6. The lowest BCUT2D eigenvalue weighted by atomic mass is 10.3. The van der Waals surface area contributed by atoms with Crippen LogP contribution < -0.4 is 5.64 Å². The Morgan fingerprint density at radius 2 is 1.23 bits per heavy atom. The van der Waals surface area contributed by atoms with Gasteiger partial charge in [0.1, 0.15) is 0 Å². The van der Waals surface area contributed by atoms with E-state index < -0.39 is 7.32 Å². The van der Waals surface area contributed by atoms with Crippen molar-refractivity contribution in [3.05, 3.63) is 0 Å². The average Bonchev–Trinajstić information content (AvgIpc) is 2.03. The Balaban J connectivity index is 0. The van der Waals surface area contributed by atoms with Gasteiger partial charge in [0.05, 0.1) is 26.4 Å². The van der Waals surface area contributed by atoms with Crippen LogP contribution in [0.2, 0.25) is 0 Å².